The Kier molecular flexibility index (Phi) is 6.57. The van der Waals surface area contributed by atoms with Crippen molar-refractivity contribution in [2.75, 3.05) is 9.62 Å². The van der Waals surface area contributed by atoms with E-state index in [9.17, 15) is 23.3 Å². The number of nitrogens with one attached hydrogen (secondary N) is 1. The van der Waals surface area contributed by atoms with Gasteiger partial charge in [0.2, 0.25) is 0 Å². The molecule has 1 amide bonds. The van der Waals surface area contributed by atoms with Gasteiger partial charge in [0.15, 0.2) is 5.13 Å². The number of aromatic nitrogens is 1. The van der Waals surface area contributed by atoms with Crippen LogP contribution in [-0.4, -0.2) is 30.1 Å². The average Bonchev–Trinajstić information content (AvgIpc) is 3.46. The number of hydrogen-bond acceptors (Lipinski definition) is 8. The molecule has 0 spiro atoms. The predicted octanol–water partition coefficient (Wildman–Crippen LogP) is 5.00. The predicted molar refractivity (Wildman–Crippen MR) is 146 cm³/mol. The van der Waals surface area contributed by atoms with Crippen molar-refractivity contribution in [1.29, 1.82) is 0 Å². The minimum absolute atomic E-state index is 0.00498. The van der Waals surface area contributed by atoms with E-state index >= 15 is 0 Å². The van der Waals surface area contributed by atoms with Crippen molar-refractivity contribution in [1.82, 2.24) is 4.98 Å². The number of nitrogens with zero attached hydrogens (tertiary/aromatic N) is 4. The van der Waals surface area contributed by atoms with Crippen LogP contribution in [0.25, 0.3) is 6.08 Å². The molecule has 38 heavy (non-hydrogen) atoms. The Balaban J connectivity index is 1.52. The van der Waals surface area contributed by atoms with Gasteiger partial charge in [0.25, 0.3) is 21.6 Å². The molecule has 0 unspecified atom stereocenters. The van der Waals surface area contributed by atoms with Crippen LogP contribution in [0.1, 0.15) is 16.8 Å². The molecule has 0 bridgehead atoms. The molecule has 0 aliphatic carbocycles. The third-order valence-electron chi connectivity index (χ3n) is 5.56. The van der Waals surface area contributed by atoms with Gasteiger partial charge in [0.1, 0.15) is 11.5 Å². The number of benzene rings is 3. The molecule has 0 atom stereocenters. The zero-order valence-corrected chi connectivity index (χ0v) is 21.4. The maximum atomic E-state index is 13.5. The van der Waals surface area contributed by atoms with E-state index in [0.29, 0.717) is 22.8 Å². The van der Waals surface area contributed by atoms with E-state index in [1.807, 2.05) is 6.07 Å². The van der Waals surface area contributed by atoms with Crippen molar-refractivity contribution in [2.24, 2.45) is 4.99 Å². The van der Waals surface area contributed by atoms with Crippen LogP contribution in [0.4, 0.5) is 16.5 Å². The molecule has 0 fully saturated rings. The first-order valence-corrected chi connectivity index (χ1v) is 13.6. The number of carbonyl (C=O) groups is 1. The summed E-state index contributed by atoms with van der Waals surface area (Å²) in [5, 5.41) is 13.5. The van der Waals surface area contributed by atoms with E-state index in [1.165, 1.54) is 58.7 Å². The zero-order chi connectivity index (χ0) is 26.9. The molecule has 190 valence electrons. The lowest BCUT2D eigenvalue weighted by Crippen LogP contribution is -2.32. The first-order valence-electron chi connectivity index (χ1n) is 11.2. The Bertz CT molecular complexity index is 1710. The smallest absolute Gasteiger partial charge is 0.266 e. The third kappa shape index (κ3) is 4.94. The monoisotopic (exact) mass is 545 g/mol. The SMILES string of the molecule is Cc1csc(NS(=O)(=O)c2ccc(N3C(=O)/C(=C\c4ccccc4[N+](=O)[O-])N=C3c3ccccc3)cc2)n1. The summed E-state index contributed by atoms with van der Waals surface area (Å²) < 4.78 is 28.1. The number of aliphatic imine (C=N–C) groups is 1. The van der Waals surface area contributed by atoms with E-state index in [2.05, 4.69) is 14.7 Å². The minimum atomic E-state index is -3.89. The van der Waals surface area contributed by atoms with Gasteiger partial charge in [0.05, 0.1) is 26.8 Å². The molecular weight excluding hydrogens is 526 g/mol. The second kappa shape index (κ2) is 10.00. The van der Waals surface area contributed by atoms with Crippen molar-refractivity contribution in [3.8, 4) is 0 Å². The van der Waals surface area contributed by atoms with Crippen molar-refractivity contribution < 1.29 is 18.1 Å². The molecule has 12 heteroatoms. The third-order valence-corrected chi connectivity index (χ3v) is 7.92. The van der Waals surface area contributed by atoms with E-state index in [0.717, 1.165) is 0 Å². The summed E-state index contributed by atoms with van der Waals surface area (Å²) in [5.74, 6) is -0.193. The number of carbonyl (C=O) groups excluding carboxylic acids is 1. The molecule has 0 saturated carbocycles. The number of thiazole rings is 1. The summed E-state index contributed by atoms with van der Waals surface area (Å²) in [6.07, 6.45) is 1.38. The van der Waals surface area contributed by atoms with Gasteiger partial charge in [-0.3, -0.25) is 24.5 Å². The number of rotatable bonds is 7. The number of sulfonamides is 1. The second-order valence-electron chi connectivity index (χ2n) is 8.18. The van der Waals surface area contributed by atoms with E-state index in [-0.39, 0.29) is 27.0 Å². The van der Waals surface area contributed by atoms with Gasteiger partial charge < -0.3 is 0 Å². The summed E-state index contributed by atoms with van der Waals surface area (Å²) in [6, 6.07) is 20.8. The minimum Gasteiger partial charge on any atom is -0.266 e. The molecule has 2 heterocycles. The molecule has 1 aliphatic rings. The lowest BCUT2D eigenvalue weighted by Gasteiger charge is -2.19. The fraction of sp³-hybridized carbons (Fsp3) is 0.0385. The first-order chi connectivity index (χ1) is 18.2. The number of aryl methyl sites for hydroxylation is 1. The van der Waals surface area contributed by atoms with Gasteiger partial charge in [-0.05, 0) is 43.3 Å². The molecule has 1 N–H and O–H groups in total. The molecule has 1 aliphatic heterocycles. The Labute approximate surface area is 221 Å². The highest BCUT2D eigenvalue weighted by Gasteiger charge is 2.33. The van der Waals surface area contributed by atoms with E-state index in [1.54, 1.807) is 48.7 Å². The fourth-order valence-corrected chi connectivity index (χ4v) is 5.75. The van der Waals surface area contributed by atoms with Crippen molar-refractivity contribution >= 4 is 55.7 Å². The van der Waals surface area contributed by atoms with Crippen LogP contribution in [0.5, 0.6) is 0 Å². The highest BCUT2D eigenvalue weighted by atomic mass is 32.2. The maximum Gasteiger partial charge on any atom is 0.282 e. The number of amides is 1. The van der Waals surface area contributed by atoms with Crippen molar-refractivity contribution in [2.45, 2.75) is 11.8 Å². The van der Waals surface area contributed by atoms with Gasteiger partial charge in [-0.25, -0.2) is 18.4 Å². The summed E-state index contributed by atoms with van der Waals surface area (Å²) in [6.45, 7) is 1.76. The maximum absolute atomic E-state index is 13.5. The molecule has 0 saturated heterocycles. The van der Waals surface area contributed by atoms with Crippen molar-refractivity contribution in [3.05, 3.63) is 117 Å². The van der Waals surface area contributed by atoms with Crippen LogP contribution in [0.2, 0.25) is 0 Å². The Morgan fingerprint density at radius 2 is 1.68 bits per heavy atom. The Morgan fingerprint density at radius 3 is 2.34 bits per heavy atom. The summed E-state index contributed by atoms with van der Waals surface area (Å²) in [7, 11) is -3.89. The summed E-state index contributed by atoms with van der Waals surface area (Å²) in [4.78, 5) is 34.5. The molecule has 1 aromatic heterocycles. The highest BCUT2D eigenvalue weighted by Crippen LogP contribution is 2.31. The van der Waals surface area contributed by atoms with Gasteiger partial charge in [-0.15, -0.1) is 11.3 Å². The summed E-state index contributed by atoms with van der Waals surface area (Å²) in [5.41, 5.74) is 1.82. The molecule has 10 nitrogen and oxygen atoms in total. The topological polar surface area (TPSA) is 135 Å². The van der Waals surface area contributed by atoms with Crippen LogP contribution in [0.15, 0.2) is 99.8 Å². The second-order valence-corrected chi connectivity index (χ2v) is 10.7. The summed E-state index contributed by atoms with van der Waals surface area (Å²) >= 11 is 1.18. The number of anilines is 2. The van der Waals surface area contributed by atoms with Crippen LogP contribution in [0, 0.1) is 17.0 Å². The lowest BCUT2D eigenvalue weighted by atomic mass is 10.1. The molecular formula is C26H19N5O5S2. The number of amidine groups is 1. The number of hydrogen-bond donors (Lipinski definition) is 1. The quantitative estimate of drug-likeness (QED) is 0.197. The average molecular weight is 546 g/mol. The van der Waals surface area contributed by atoms with Crippen LogP contribution >= 0.6 is 11.3 Å². The van der Waals surface area contributed by atoms with Crippen molar-refractivity contribution in [3.63, 3.8) is 0 Å². The Morgan fingerprint density at radius 1 is 1.00 bits per heavy atom. The van der Waals surface area contributed by atoms with Crippen LogP contribution < -0.4 is 9.62 Å². The van der Waals surface area contributed by atoms with Crippen LogP contribution in [0.3, 0.4) is 0 Å². The fourth-order valence-electron chi connectivity index (χ4n) is 3.81. The zero-order valence-electron chi connectivity index (χ0n) is 19.8. The molecule has 3 aromatic carbocycles. The number of para-hydroxylation sites is 1. The number of nitro groups is 1. The van der Waals surface area contributed by atoms with Crippen LogP contribution in [-0.2, 0) is 14.8 Å². The Hall–Kier alpha value is -4.68. The largest absolute Gasteiger partial charge is 0.282 e. The van der Waals surface area contributed by atoms with Gasteiger partial charge in [-0.2, -0.15) is 0 Å². The van der Waals surface area contributed by atoms with Gasteiger partial charge in [0, 0.05) is 17.0 Å². The first kappa shape index (κ1) is 25.0. The standard InChI is InChI=1S/C26H19N5O5S2/c1-17-16-37-26(27-17)29-38(35,36)21-13-11-20(12-14-21)30-24(18-7-3-2-4-8-18)28-22(25(30)32)15-19-9-5-6-10-23(19)31(33)34/h2-16H,1H3,(H,27,29)/b22-15+. The van der Waals surface area contributed by atoms with Gasteiger partial charge >= 0.3 is 0 Å². The van der Waals surface area contributed by atoms with Gasteiger partial charge in [-0.1, -0.05) is 42.5 Å². The lowest BCUT2D eigenvalue weighted by molar-refractivity contribution is -0.385. The molecule has 0 radical (unpaired) electrons. The molecule has 4 aromatic rings. The number of nitro benzene ring substituents is 1. The highest BCUT2D eigenvalue weighted by molar-refractivity contribution is 7.93. The van der Waals surface area contributed by atoms with E-state index < -0.39 is 20.9 Å². The van der Waals surface area contributed by atoms with E-state index in [4.69, 9.17) is 0 Å². The normalized spacial score (nSPS) is 14.6. The molecule has 5 rings (SSSR count).